The van der Waals surface area contributed by atoms with Crippen LogP contribution >= 0.6 is 11.6 Å². The molecule has 0 aliphatic rings. The fraction of sp³-hybridized carbons (Fsp3) is 0.143. The van der Waals surface area contributed by atoms with Crippen molar-refractivity contribution in [3.8, 4) is 16.8 Å². The molecule has 1 atom stereocenters. The predicted molar refractivity (Wildman–Crippen MR) is 109 cm³/mol. The Morgan fingerprint density at radius 2 is 1.89 bits per heavy atom. The normalized spacial score (nSPS) is 12.4. The molecule has 2 heterocycles. The van der Waals surface area contributed by atoms with Crippen LogP contribution in [0.3, 0.4) is 0 Å². The minimum absolute atomic E-state index is 0.0474. The van der Waals surface area contributed by atoms with Crippen LogP contribution in [0.25, 0.3) is 27.8 Å². The summed E-state index contributed by atoms with van der Waals surface area (Å²) >= 11 is 6.43. The van der Waals surface area contributed by atoms with Crippen molar-refractivity contribution in [1.29, 1.82) is 0 Å². The van der Waals surface area contributed by atoms with Crippen molar-refractivity contribution >= 4 is 22.6 Å². The summed E-state index contributed by atoms with van der Waals surface area (Å²) in [6.45, 7) is 0.257. The first kappa shape index (κ1) is 18.6. The Balaban J connectivity index is 1.86. The fourth-order valence-electron chi connectivity index (χ4n) is 3.22. The van der Waals surface area contributed by atoms with Gasteiger partial charge in [0.1, 0.15) is 23.4 Å². The summed E-state index contributed by atoms with van der Waals surface area (Å²) in [4.78, 5) is 8.59. The van der Waals surface area contributed by atoms with Crippen LogP contribution in [0.15, 0.2) is 67.1 Å². The maximum absolute atomic E-state index is 10.3. The molecule has 0 fully saturated rings. The third-order valence-electron chi connectivity index (χ3n) is 4.53. The number of para-hydroxylation sites is 1. The lowest BCUT2D eigenvalue weighted by Crippen LogP contribution is -2.23. The van der Waals surface area contributed by atoms with E-state index in [0.29, 0.717) is 22.9 Å². The zero-order valence-corrected chi connectivity index (χ0v) is 15.7. The van der Waals surface area contributed by atoms with Crippen molar-refractivity contribution < 1.29 is 10.2 Å². The summed E-state index contributed by atoms with van der Waals surface area (Å²) < 4.78 is 1.98. The number of nitrogens with one attached hydrogen (secondary N) is 1. The summed E-state index contributed by atoms with van der Waals surface area (Å²) in [5, 5.41) is 23.2. The molecule has 4 aromatic rings. The standard InChI is InChI=1S/C21H19ClN4O2/c22-19-18-17(14-5-4-6-15(11-14)21(28)23-9-10-27)12-26(20(18)25-13-24-19)16-7-2-1-3-8-16/h1-8,11-13,21,23,27-28H,9-10H2. The average Bonchev–Trinajstić information content (AvgIpc) is 3.14. The third-order valence-corrected chi connectivity index (χ3v) is 4.82. The van der Waals surface area contributed by atoms with E-state index in [9.17, 15) is 5.11 Å². The lowest BCUT2D eigenvalue weighted by Gasteiger charge is -2.13. The van der Waals surface area contributed by atoms with Crippen LogP contribution < -0.4 is 5.32 Å². The van der Waals surface area contributed by atoms with Crippen LogP contribution in [0, 0.1) is 0 Å². The smallest absolute Gasteiger partial charge is 0.150 e. The van der Waals surface area contributed by atoms with Crippen LogP contribution in [0.2, 0.25) is 5.15 Å². The lowest BCUT2D eigenvalue weighted by atomic mass is 10.0. The highest BCUT2D eigenvalue weighted by Crippen LogP contribution is 2.35. The van der Waals surface area contributed by atoms with Gasteiger partial charge in [0.25, 0.3) is 0 Å². The number of benzene rings is 2. The van der Waals surface area contributed by atoms with E-state index in [4.69, 9.17) is 16.7 Å². The molecule has 1 unspecified atom stereocenters. The molecule has 0 aliphatic heterocycles. The third kappa shape index (κ3) is 3.50. The SMILES string of the molecule is OCCNC(O)c1cccc(-c2cn(-c3ccccc3)c3ncnc(Cl)c23)c1. The summed E-state index contributed by atoms with van der Waals surface area (Å²) in [6.07, 6.45) is 2.56. The second-order valence-electron chi connectivity index (χ2n) is 6.32. The van der Waals surface area contributed by atoms with Gasteiger partial charge in [-0.1, -0.05) is 48.0 Å². The Morgan fingerprint density at radius 3 is 2.68 bits per heavy atom. The molecule has 2 aromatic carbocycles. The number of nitrogens with zero attached hydrogens (tertiary/aromatic N) is 3. The van der Waals surface area contributed by atoms with Gasteiger partial charge in [-0.3, -0.25) is 5.32 Å². The molecule has 0 spiro atoms. The van der Waals surface area contributed by atoms with Gasteiger partial charge in [0, 0.05) is 24.0 Å². The minimum Gasteiger partial charge on any atom is -0.395 e. The van der Waals surface area contributed by atoms with Gasteiger partial charge < -0.3 is 14.8 Å². The fourth-order valence-corrected chi connectivity index (χ4v) is 3.45. The van der Waals surface area contributed by atoms with E-state index in [0.717, 1.165) is 22.2 Å². The van der Waals surface area contributed by atoms with Crippen molar-refractivity contribution in [2.45, 2.75) is 6.23 Å². The Morgan fingerprint density at radius 1 is 1.07 bits per heavy atom. The summed E-state index contributed by atoms with van der Waals surface area (Å²) in [7, 11) is 0. The van der Waals surface area contributed by atoms with Gasteiger partial charge in [-0.2, -0.15) is 0 Å². The van der Waals surface area contributed by atoms with Crippen molar-refractivity contribution in [2.75, 3.05) is 13.2 Å². The molecular weight excluding hydrogens is 376 g/mol. The molecule has 0 aliphatic carbocycles. The number of aliphatic hydroxyl groups is 2. The number of fused-ring (bicyclic) bond motifs is 1. The topological polar surface area (TPSA) is 83.2 Å². The van der Waals surface area contributed by atoms with Gasteiger partial charge in [0.2, 0.25) is 0 Å². The number of hydrogen-bond donors (Lipinski definition) is 3. The molecular formula is C21H19ClN4O2. The Labute approximate surface area is 167 Å². The first-order chi connectivity index (χ1) is 13.7. The first-order valence-corrected chi connectivity index (χ1v) is 9.26. The summed E-state index contributed by atoms with van der Waals surface area (Å²) in [5.41, 5.74) is 4.14. The Hall–Kier alpha value is -2.77. The van der Waals surface area contributed by atoms with E-state index >= 15 is 0 Å². The number of halogens is 1. The van der Waals surface area contributed by atoms with Gasteiger partial charge in [-0.25, -0.2) is 9.97 Å². The summed E-state index contributed by atoms with van der Waals surface area (Å²) in [6, 6.07) is 17.4. The van der Waals surface area contributed by atoms with Crippen LogP contribution in [-0.4, -0.2) is 37.9 Å². The lowest BCUT2D eigenvalue weighted by molar-refractivity contribution is 0.129. The van der Waals surface area contributed by atoms with Gasteiger partial charge in [-0.15, -0.1) is 0 Å². The van der Waals surface area contributed by atoms with Gasteiger partial charge >= 0.3 is 0 Å². The molecule has 0 amide bonds. The van der Waals surface area contributed by atoms with Crippen molar-refractivity contribution in [3.05, 3.63) is 77.8 Å². The van der Waals surface area contributed by atoms with Crippen LogP contribution in [0.4, 0.5) is 0 Å². The second-order valence-corrected chi connectivity index (χ2v) is 6.68. The molecule has 28 heavy (non-hydrogen) atoms. The number of rotatable bonds is 6. The molecule has 6 nitrogen and oxygen atoms in total. The highest BCUT2D eigenvalue weighted by Gasteiger charge is 2.17. The van der Waals surface area contributed by atoms with Gasteiger partial charge in [0.05, 0.1) is 12.0 Å². The molecule has 7 heteroatoms. The monoisotopic (exact) mass is 394 g/mol. The molecule has 0 saturated heterocycles. The number of hydrogen-bond acceptors (Lipinski definition) is 5. The van der Waals surface area contributed by atoms with Crippen LogP contribution in [0.5, 0.6) is 0 Å². The van der Waals surface area contributed by atoms with Crippen LogP contribution in [0.1, 0.15) is 11.8 Å². The Bertz CT molecular complexity index is 1100. The van der Waals surface area contributed by atoms with E-state index < -0.39 is 6.23 Å². The van der Waals surface area contributed by atoms with E-state index in [1.165, 1.54) is 6.33 Å². The van der Waals surface area contributed by atoms with E-state index in [1.807, 2.05) is 65.4 Å². The van der Waals surface area contributed by atoms with E-state index in [-0.39, 0.29) is 6.61 Å². The summed E-state index contributed by atoms with van der Waals surface area (Å²) in [5.74, 6) is 0. The quantitative estimate of drug-likeness (QED) is 0.345. The highest BCUT2D eigenvalue weighted by atomic mass is 35.5. The maximum atomic E-state index is 10.3. The maximum Gasteiger partial charge on any atom is 0.150 e. The molecule has 0 radical (unpaired) electrons. The van der Waals surface area contributed by atoms with Gasteiger partial charge in [0.15, 0.2) is 0 Å². The van der Waals surface area contributed by atoms with Crippen LogP contribution in [-0.2, 0) is 0 Å². The van der Waals surface area contributed by atoms with E-state index in [2.05, 4.69) is 15.3 Å². The molecule has 142 valence electrons. The molecule has 0 saturated carbocycles. The van der Waals surface area contributed by atoms with Crippen molar-refractivity contribution in [1.82, 2.24) is 19.9 Å². The second kappa shape index (κ2) is 8.08. The van der Waals surface area contributed by atoms with E-state index in [1.54, 1.807) is 0 Å². The minimum atomic E-state index is -0.874. The zero-order valence-electron chi connectivity index (χ0n) is 15.0. The highest BCUT2D eigenvalue weighted by molar-refractivity contribution is 6.35. The molecule has 2 aromatic heterocycles. The number of aliphatic hydroxyl groups excluding tert-OH is 2. The molecule has 0 bridgehead atoms. The first-order valence-electron chi connectivity index (χ1n) is 8.88. The largest absolute Gasteiger partial charge is 0.395 e. The van der Waals surface area contributed by atoms with Crippen molar-refractivity contribution in [2.24, 2.45) is 0 Å². The number of aromatic nitrogens is 3. The molecule has 4 rings (SSSR count). The average molecular weight is 395 g/mol. The predicted octanol–water partition coefficient (Wildman–Crippen LogP) is 3.31. The van der Waals surface area contributed by atoms with Crippen molar-refractivity contribution in [3.63, 3.8) is 0 Å². The van der Waals surface area contributed by atoms with Gasteiger partial charge in [-0.05, 0) is 29.3 Å². The zero-order chi connectivity index (χ0) is 19.5. The molecule has 3 N–H and O–H groups in total. The Kier molecular flexibility index (Phi) is 5.36.